The van der Waals surface area contributed by atoms with Gasteiger partial charge >= 0.3 is 5.97 Å². The molecule has 2 bridgehead atoms. The first-order valence-electron chi connectivity index (χ1n) is 13.9. The zero-order valence-corrected chi connectivity index (χ0v) is 21.6. The fourth-order valence-electron chi connectivity index (χ4n) is 7.19. The molecule has 3 aliphatic carbocycles. The third-order valence-corrected chi connectivity index (χ3v) is 8.96. The van der Waals surface area contributed by atoms with Gasteiger partial charge in [0.1, 0.15) is 11.9 Å². The summed E-state index contributed by atoms with van der Waals surface area (Å²) < 4.78 is 12.1. The zero-order valence-electron chi connectivity index (χ0n) is 21.6. The molecule has 0 spiro atoms. The average Bonchev–Trinajstić information content (AvgIpc) is 3.50. The van der Waals surface area contributed by atoms with Crippen LogP contribution in [0.2, 0.25) is 0 Å². The quantitative estimate of drug-likeness (QED) is 0.348. The molecular formula is C31H41NO4. The standard InChI is InChI=1S/C31H41NO4/c1-32(20-11-21-35-26-16-9-4-10-17-26)29-23-18-19-27(29)28(22-23)36-30(33)31(34,24-12-5-2-6-13-24)25-14-7-3-8-15-25/h2,4-6,9-10,12-13,16-17,23,25,27-29,34H,3,7-8,11,14-15,18-22H2,1H3. The van der Waals surface area contributed by atoms with E-state index < -0.39 is 11.6 Å². The smallest absolute Gasteiger partial charge is 0.343 e. The van der Waals surface area contributed by atoms with E-state index in [4.69, 9.17) is 9.47 Å². The van der Waals surface area contributed by atoms with Crippen LogP contribution in [-0.4, -0.2) is 48.3 Å². The number of benzene rings is 2. The van der Waals surface area contributed by atoms with Crippen LogP contribution in [0.1, 0.15) is 63.4 Å². The second-order valence-electron chi connectivity index (χ2n) is 11.1. The molecule has 5 atom stereocenters. The Bertz CT molecular complexity index is 977. The maximum Gasteiger partial charge on any atom is 0.343 e. The lowest BCUT2D eigenvalue weighted by Crippen LogP contribution is -2.47. The summed E-state index contributed by atoms with van der Waals surface area (Å²) in [5.74, 6) is 1.29. The fourth-order valence-corrected chi connectivity index (χ4v) is 7.19. The summed E-state index contributed by atoms with van der Waals surface area (Å²) >= 11 is 0. The van der Waals surface area contributed by atoms with Gasteiger partial charge < -0.3 is 19.5 Å². The van der Waals surface area contributed by atoms with E-state index in [9.17, 15) is 9.90 Å². The molecule has 1 N–H and O–H groups in total. The molecule has 0 radical (unpaired) electrons. The second-order valence-corrected chi connectivity index (χ2v) is 11.1. The number of nitrogens with zero attached hydrogens (tertiary/aromatic N) is 1. The number of esters is 1. The van der Waals surface area contributed by atoms with E-state index in [0.717, 1.165) is 57.2 Å². The van der Waals surface area contributed by atoms with Gasteiger partial charge in [-0.05, 0) is 69.2 Å². The van der Waals surface area contributed by atoms with Gasteiger partial charge in [0.15, 0.2) is 5.60 Å². The van der Waals surface area contributed by atoms with Crippen molar-refractivity contribution in [1.82, 2.24) is 4.90 Å². The lowest BCUT2D eigenvalue weighted by atomic mass is 9.73. The molecule has 2 aromatic carbocycles. The predicted molar refractivity (Wildman–Crippen MR) is 141 cm³/mol. The van der Waals surface area contributed by atoms with Crippen LogP contribution in [0.5, 0.6) is 5.75 Å². The molecule has 5 rings (SSSR count). The van der Waals surface area contributed by atoms with Crippen LogP contribution < -0.4 is 4.74 Å². The molecule has 5 nitrogen and oxygen atoms in total. The summed E-state index contributed by atoms with van der Waals surface area (Å²) in [6.07, 6.45) is 9.06. The maximum absolute atomic E-state index is 13.7. The number of para-hydroxylation sites is 1. The number of hydrogen-bond acceptors (Lipinski definition) is 5. The van der Waals surface area contributed by atoms with Crippen molar-refractivity contribution in [2.75, 3.05) is 20.2 Å². The minimum absolute atomic E-state index is 0.0807. The van der Waals surface area contributed by atoms with Crippen LogP contribution in [0.4, 0.5) is 0 Å². The Hall–Kier alpha value is -2.37. The summed E-state index contributed by atoms with van der Waals surface area (Å²) in [7, 11) is 2.20. The maximum atomic E-state index is 13.7. The van der Waals surface area contributed by atoms with E-state index in [1.807, 2.05) is 60.7 Å². The van der Waals surface area contributed by atoms with Crippen LogP contribution in [0, 0.1) is 17.8 Å². The zero-order chi connectivity index (χ0) is 25.0. The molecule has 36 heavy (non-hydrogen) atoms. The lowest BCUT2D eigenvalue weighted by molar-refractivity contribution is -0.184. The molecule has 0 heterocycles. The minimum Gasteiger partial charge on any atom is -0.494 e. The molecule has 0 aromatic heterocycles. The van der Waals surface area contributed by atoms with Crippen LogP contribution in [0.3, 0.4) is 0 Å². The largest absolute Gasteiger partial charge is 0.494 e. The van der Waals surface area contributed by atoms with Crippen molar-refractivity contribution in [2.45, 2.75) is 75.5 Å². The summed E-state index contributed by atoms with van der Waals surface area (Å²) in [6.45, 7) is 1.65. The highest BCUT2D eigenvalue weighted by atomic mass is 16.6. The summed E-state index contributed by atoms with van der Waals surface area (Å²) in [5.41, 5.74) is -0.878. The Morgan fingerprint density at radius 3 is 2.39 bits per heavy atom. The molecule has 0 saturated heterocycles. The first-order valence-corrected chi connectivity index (χ1v) is 13.9. The third kappa shape index (κ3) is 5.19. The SMILES string of the molecule is CN(CCCOc1ccccc1)C1C2CCC1C(OC(=O)C(O)(c1ccccc1)C1CCCCC1)C2. The predicted octanol–water partition coefficient (Wildman–Crippen LogP) is 5.57. The van der Waals surface area contributed by atoms with Gasteiger partial charge in [-0.1, -0.05) is 67.8 Å². The number of carbonyl (C=O) groups is 1. The van der Waals surface area contributed by atoms with E-state index in [-0.39, 0.29) is 12.0 Å². The highest BCUT2D eigenvalue weighted by Gasteiger charge is 2.54. The molecule has 194 valence electrons. The van der Waals surface area contributed by atoms with E-state index in [2.05, 4.69) is 11.9 Å². The Kier molecular flexibility index (Phi) is 7.97. The van der Waals surface area contributed by atoms with E-state index >= 15 is 0 Å². The monoisotopic (exact) mass is 491 g/mol. The van der Waals surface area contributed by atoms with Crippen molar-refractivity contribution in [3.63, 3.8) is 0 Å². The van der Waals surface area contributed by atoms with Gasteiger partial charge in [-0.15, -0.1) is 0 Å². The molecule has 5 unspecified atom stereocenters. The van der Waals surface area contributed by atoms with Crippen molar-refractivity contribution >= 4 is 5.97 Å². The first kappa shape index (κ1) is 25.3. The summed E-state index contributed by atoms with van der Waals surface area (Å²) in [6, 6.07) is 19.9. The fraction of sp³-hybridized carbons (Fsp3) is 0.581. The molecule has 0 amide bonds. The Morgan fingerprint density at radius 1 is 0.972 bits per heavy atom. The summed E-state index contributed by atoms with van der Waals surface area (Å²) in [5, 5.41) is 11.9. The van der Waals surface area contributed by atoms with Crippen LogP contribution >= 0.6 is 0 Å². The normalized spacial score (nSPS) is 27.6. The molecule has 2 aromatic rings. The second kappa shape index (κ2) is 11.4. The number of ether oxygens (including phenoxy) is 2. The number of aliphatic hydroxyl groups is 1. The first-order chi connectivity index (χ1) is 17.6. The number of hydrogen-bond donors (Lipinski definition) is 1. The van der Waals surface area contributed by atoms with Gasteiger partial charge in [-0.2, -0.15) is 0 Å². The number of rotatable bonds is 10. The Balaban J connectivity index is 1.20. The molecule has 3 aliphatic rings. The van der Waals surface area contributed by atoms with Gasteiger partial charge in [-0.25, -0.2) is 4.79 Å². The van der Waals surface area contributed by atoms with Crippen molar-refractivity contribution in [1.29, 1.82) is 0 Å². The molecular weight excluding hydrogens is 450 g/mol. The van der Waals surface area contributed by atoms with E-state index in [0.29, 0.717) is 30.0 Å². The van der Waals surface area contributed by atoms with Crippen molar-refractivity contribution in [3.8, 4) is 5.75 Å². The van der Waals surface area contributed by atoms with E-state index in [1.165, 1.54) is 12.8 Å². The van der Waals surface area contributed by atoms with Crippen molar-refractivity contribution < 1.29 is 19.4 Å². The van der Waals surface area contributed by atoms with Crippen molar-refractivity contribution in [2.24, 2.45) is 17.8 Å². The lowest BCUT2D eigenvalue weighted by Gasteiger charge is -2.38. The average molecular weight is 492 g/mol. The molecule has 3 saturated carbocycles. The molecule has 0 aliphatic heterocycles. The topological polar surface area (TPSA) is 59.0 Å². The molecule has 5 heteroatoms. The number of carbonyl (C=O) groups excluding carboxylic acids is 1. The summed E-state index contributed by atoms with van der Waals surface area (Å²) in [4.78, 5) is 16.2. The third-order valence-electron chi connectivity index (χ3n) is 8.96. The van der Waals surface area contributed by atoms with Crippen molar-refractivity contribution in [3.05, 3.63) is 66.2 Å². The highest BCUT2D eigenvalue weighted by Crippen LogP contribution is 2.49. The van der Waals surface area contributed by atoms with Crippen LogP contribution in [-0.2, 0) is 15.1 Å². The minimum atomic E-state index is -1.56. The highest BCUT2D eigenvalue weighted by molar-refractivity contribution is 5.81. The van der Waals surface area contributed by atoms with Crippen LogP contribution in [0.15, 0.2) is 60.7 Å². The number of fused-ring (bicyclic) bond motifs is 2. The van der Waals surface area contributed by atoms with Crippen LogP contribution in [0.25, 0.3) is 0 Å². The van der Waals surface area contributed by atoms with Gasteiger partial charge in [0, 0.05) is 24.4 Å². The Labute approximate surface area is 215 Å². The van der Waals surface area contributed by atoms with Gasteiger partial charge in [0.25, 0.3) is 0 Å². The van der Waals surface area contributed by atoms with Gasteiger partial charge in [0.2, 0.25) is 0 Å². The Morgan fingerprint density at radius 2 is 1.67 bits per heavy atom. The molecule has 3 fully saturated rings. The van der Waals surface area contributed by atoms with Gasteiger partial charge in [-0.3, -0.25) is 0 Å². The van der Waals surface area contributed by atoms with Gasteiger partial charge in [0.05, 0.1) is 6.61 Å². The van der Waals surface area contributed by atoms with E-state index in [1.54, 1.807) is 0 Å².